The van der Waals surface area contributed by atoms with Gasteiger partial charge >= 0.3 is 0 Å². The topological polar surface area (TPSA) is 123 Å². The van der Waals surface area contributed by atoms with Crippen LogP contribution in [0.2, 0.25) is 0 Å². The minimum atomic E-state index is -0.714. The van der Waals surface area contributed by atoms with Crippen molar-refractivity contribution in [1.29, 1.82) is 5.26 Å². The van der Waals surface area contributed by atoms with Crippen molar-refractivity contribution in [2.24, 2.45) is 11.7 Å². The van der Waals surface area contributed by atoms with Gasteiger partial charge in [-0.3, -0.25) is 4.98 Å². The van der Waals surface area contributed by atoms with Crippen molar-refractivity contribution in [3.05, 3.63) is 71.7 Å². The number of anilines is 2. The Balaban J connectivity index is 1.40. The van der Waals surface area contributed by atoms with Crippen LogP contribution in [0.5, 0.6) is 0 Å². The van der Waals surface area contributed by atoms with Crippen LogP contribution in [0.15, 0.2) is 48.9 Å². The van der Waals surface area contributed by atoms with Crippen LogP contribution in [0.4, 0.5) is 20.4 Å². The summed E-state index contributed by atoms with van der Waals surface area (Å²) in [6, 6.07) is 9.71. The van der Waals surface area contributed by atoms with Crippen molar-refractivity contribution in [2.75, 3.05) is 18.5 Å². The van der Waals surface area contributed by atoms with Crippen LogP contribution in [-0.2, 0) is 16.1 Å². The normalized spacial score (nSPS) is 20.7. The van der Waals surface area contributed by atoms with E-state index in [1.807, 2.05) is 13.0 Å². The van der Waals surface area contributed by atoms with Crippen LogP contribution < -0.4 is 11.1 Å². The Kier molecular flexibility index (Phi) is 8.83. The summed E-state index contributed by atoms with van der Waals surface area (Å²) in [6.45, 7) is 4.88. The lowest BCUT2D eigenvalue weighted by Gasteiger charge is -2.39. The fraction of sp³-hybridized carbons (Fsp3) is 0.400. The molecule has 4 atom stereocenters. The number of hydrogen-bond donors (Lipinski definition) is 2. The molecule has 0 amide bonds. The molecule has 214 valence electrons. The molecule has 1 aromatic carbocycles. The van der Waals surface area contributed by atoms with Gasteiger partial charge in [-0.1, -0.05) is 6.92 Å². The summed E-state index contributed by atoms with van der Waals surface area (Å²) in [4.78, 5) is 8.78. The molecule has 0 spiro atoms. The second-order valence-electron chi connectivity index (χ2n) is 10.3. The average Bonchev–Trinajstić information content (AvgIpc) is 3.35. The fourth-order valence-electron chi connectivity index (χ4n) is 5.61. The van der Waals surface area contributed by atoms with E-state index in [1.54, 1.807) is 30.7 Å². The molecule has 9 nitrogen and oxygen atoms in total. The summed E-state index contributed by atoms with van der Waals surface area (Å²) in [5.74, 6) is -0.698. The van der Waals surface area contributed by atoms with Gasteiger partial charge in [0.05, 0.1) is 66.7 Å². The predicted molar refractivity (Wildman–Crippen MR) is 150 cm³/mol. The lowest BCUT2D eigenvalue weighted by Crippen LogP contribution is -2.46. The lowest BCUT2D eigenvalue weighted by molar-refractivity contribution is -0.0198. The molecular formula is C30H33F2N7O2. The Morgan fingerprint density at radius 1 is 1.17 bits per heavy atom. The summed E-state index contributed by atoms with van der Waals surface area (Å²) >= 11 is 0. The van der Waals surface area contributed by atoms with Crippen molar-refractivity contribution >= 4 is 17.2 Å². The van der Waals surface area contributed by atoms with Crippen LogP contribution in [-0.4, -0.2) is 44.9 Å². The number of nitrogens with two attached hydrogens (primary N) is 1. The number of nitriles is 1. The van der Waals surface area contributed by atoms with E-state index < -0.39 is 11.6 Å². The monoisotopic (exact) mass is 561 g/mol. The molecule has 4 aromatic rings. The molecule has 1 fully saturated rings. The summed E-state index contributed by atoms with van der Waals surface area (Å²) < 4.78 is 42.8. The molecule has 0 aliphatic heterocycles. The fourth-order valence-corrected chi connectivity index (χ4v) is 5.61. The first-order valence-electron chi connectivity index (χ1n) is 13.8. The highest BCUT2D eigenvalue weighted by Gasteiger charge is 2.35. The van der Waals surface area contributed by atoms with Gasteiger partial charge in [0.1, 0.15) is 11.6 Å². The molecule has 1 aliphatic rings. The first-order valence-corrected chi connectivity index (χ1v) is 13.8. The van der Waals surface area contributed by atoms with E-state index in [9.17, 15) is 0 Å². The van der Waals surface area contributed by atoms with E-state index >= 15 is 8.78 Å². The average molecular weight is 562 g/mol. The summed E-state index contributed by atoms with van der Waals surface area (Å²) in [5, 5.41) is 16.7. The van der Waals surface area contributed by atoms with Gasteiger partial charge in [0.2, 0.25) is 5.95 Å². The van der Waals surface area contributed by atoms with Gasteiger partial charge in [-0.2, -0.15) is 14.9 Å². The van der Waals surface area contributed by atoms with Crippen LogP contribution in [0, 0.1) is 28.9 Å². The molecule has 0 radical (unpaired) electrons. The number of imidazole rings is 1. The second kappa shape index (κ2) is 12.7. The number of aromatic nitrogens is 4. The van der Waals surface area contributed by atoms with Gasteiger partial charge in [0.15, 0.2) is 0 Å². The zero-order chi connectivity index (χ0) is 28.9. The smallest absolute Gasteiger partial charge is 0.229 e. The number of benzene rings is 1. The first kappa shape index (κ1) is 28.5. The van der Waals surface area contributed by atoms with Crippen molar-refractivity contribution in [3.8, 4) is 17.3 Å². The molecule has 3 heterocycles. The SMILES string of the molecule is CCOCc1cc(F)c(-c2ccc3cnc(Nc4cnccc4C4C[C@@H](N)[C@@H](OCCC#N)[C@@H](C)C4)n3n2)c(F)c1. The van der Waals surface area contributed by atoms with Crippen LogP contribution in [0.3, 0.4) is 0 Å². The number of pyridine rings is 1. The van der Waals surface area contributed by atoms with Crippen LogP contribution in [0.1, 0.15) is 50.2 Å². The van der Waals surface area contributed by atoms with E-state index in [0.717, 1.165) is 17.7 Å². The Hall–Kier alpha value is -3.98. The van der Waals surface area contributed by atoms with Gasteiger partial charge in [-0.25, -0.2) is 13.8 Å². The maximum atomic E-state index is 15.0. The number of rotatable bonds is 10. The number of hydrogen-bond acceptors (Lipinski definition) is 8. The van der Waals surface area contributed by atoms with Crippen molar-refractivity contribution in [1.82, 2.24) is 19.6 Å². The Morgan fingerprint density at radius 3 is 2.71 bits per heavy atom. The Bertz CT molecular complexity index is 1520. The van der Waals surface area contributed by atoms with E-state index in [4.69, 9.17) is 20.5 Å². The van der Waals surface area contributed by atoms with E-state index in [1.165, 1.54) is 16.6 Å². The molecular weight excluding hydrogens is 528 g/mol. The molecule has 1 unspecified atom stereocenters. The number of ether oxygens (including phenoxy) is 2. The van der Waals surface area contributed by atoms with E-state index in [0.29, 0.717) is 43.1 Å². The number of nitrogens with zero attached hydrogens (tertiary/aromatic N) is 5. The van der Waals surface area contributed by atoms with E-state index in [2.05, 4.69) is 33.4 Å². The first-order chi connectivity index (χ1) is 19.9. The van der Waals surface area contributed by atoms with Crippen LogP contribution in [0.25, 0.3) is 16.8 Å². The highest BCUT2D eigenvalue weighted by atomic mass is 19.1. The molecule has 41 heavy (non-hydrogen) atoms. The molecule has 5 rings (SSSR count). The van der Waals surface area contributed by atoms with Gasteiger partial charge in [0, 0.05) is 18.8 Å². The minimum Gasteiger partial charge on any atom is -0.377 e. The molecule has 3 N–H and O–H groups in total. The second-order valence-corrected chi connectivity index (χ2v) is 10.3. The molecule has 1 saturated carbocycles. The zero-order valence-corrected chi connectivity index (χ0v) is 23.1. The lowest BCUT2D eigenvalue weighted by atomic mass is 9.74. The Morgan fingerprint density at radius 2 is 1.98 bits per heavy atom. The summed E-state index contributed by atoms with van der Waals surface area (Å²) in [5.41, 5.74) is 9.30. The van der Waals surface area contributed by atoms with Gasteiger partial charge in [-0.15, -0.1) is 0 Å². The third kappa shape index (κ3) is 6.20. The van der Waals surface area contributed by atoms with Gasteiger partial charge in [-0.05, 0) is 73.1 Å². The molecule has 3 aromatic heterocycles. The molecule has 11 heteroatoms. The quantitative estimate of drug-likeness (QED) is 0.244. The number of fused-ring (bicyclic) bond motifs is 1. The molecule has 0 bridgehead atoms. The zero-order valence-electron chi connectivity index (χ0n) is 23.1. The maximum Gasteiger partial charge on any atom is 0.229 e. The highest BCUT2D eigenvalue weighted by molar-refractivity contribution is 5.66. The standard InChI is InChI=1S/C30H33F2N7O2/c1-3-40-17-19-12-23(31)28(24(32)13-19)26-6-5-21-15-36-30(39(21)38-26)37-27-16-35-9-7-22(27)20-11-18(2)29(25(34)14-20)41-10-4-8-33/h5-7,9,12-13,15-16,18,20,25,29H,3-4,10-11,14,17,34H2,1-2H3,(H,36,37)/t18-,20?,25+,29-/m0/s1. The van der Waals surface area contributed by atoms with Gasteiger partial charge < -0.3 is 20.5 Å². The van der Waals surface area contributed by atoms with Crippen molar-refractivity contribution < 1.29 is 18.3 Å². The van der Waals surface area contributed by atoms with Crippen molar-refractivity contribution in [3.63, 3.8) is 0 Å². The number of halogens is 2. The predicted octanol–water partition coefficient (Wildman–Crippen LogP) is 5.49. The molecule has 0 saturated heterocycles. The van der Waals surface area contributed by atoms with Crippen molar-refractivity contribution in [2.45, 2.75) is 57.8 Å². The Labute approximate surface area is 237 Å². The summed E-state index contributed by atoms with van der Waals surface area (Å²) in [7, 11) is 0. The van der Waals surface area contributed by atoms with E-state index in [-0.39, 0.29) is 41.8 Å². The number of nitrogens with one attached hydrogen (secondary N) is 1. The highest BCUT2D eigenvalue weighted by Crippen LogP contribution is 2.40. The third-order valence-corrected chi connectivity index (χ3v) is 7.48. The molecule has 1 aliphatic carbocycles. The van der Waals surface area contributed by atoms with Crippen LogP contribution >= 0.6 is 0 Å². The largest absolute Gasteiger partial charge is 0.377 e. The maximum absolute atomic E-state index is 15.0. The van der Waals surface area contributed by atoms with Gasteiger partial charge in [0.25, 0.3) is 0 Å². The third-order valence-electron chi connectivity index (χ3n) is 7.48. The summed E-state index contributed by atoms with van der Waals surface area (Å²) in [6.07, 6.45) is 6.90. The minimum absolute atomic E-state index is 0.106.